The summed E-state index contributed by atoms with van der Waals surface area (Å²) in [5.41, 5.74) is 2.38. The molecule has 0 bridgehead atoms. The summed E-state index contributed by atoms with van der Waals surface area (Å²) in [6.07, 6.45) is 3.17. The molecule has 8 heteroatoms. The second-order valence-electron chi connectivity index (χ2n) is 8.55. The smallest absolute Gasteiger partial charge is 0.255 e. The van der Waals surface area contributed by atoms with Crippen molar-refractivity contribution in [3.63, 3.8) is 0 Å². The lowest BCUT2D eigenvalue weighted by Gasteiger charge is -2.39. The third-order valence-corrected chi connectivity index (χ3v) is 6.96. The summed E-state index contributed by atoms with van der Waals surface area (Å²) in [4.78, 5) is 37.6. The molecule has 1 aromatic heterocycles. The highest BCUT2D eigenvalue weighted by molar-refractivity contribution is 5.96. The third-order valence-electron chi connectivity index (χ3n) is 6.96. The quantitative estimate of drug-likeness (QED) is 0.793. The summed E-state index contributed by atoms with van der Waals surface area (Å²) in [6, 6.07) is 9.06. The van der Waals surface area contributed by atoms with Crippen LogP contribution in [0.3, 0.4) is 0 Å². The van der Waals surface area contributed by atoms with Gasteiger partial charge in [-0.15, -0.1) is 0 Å². The molecule has 2 saturated heterocycles. The molecule has 3 aliphatic rings. The lowest BCUT2D eigenvalue weighted by Crippen LogP contribution is -2.45. The van der Waals surface area contributed by atoms with Gasteiger partial charge in [0.05, 0.1) is 36.1 Å². The number of hydrogen-bond acceptors (Lipinski definition) is 6. The van der Waals surface area contributed by atoms with Crippen molar-refractivity contribution in [1.29, 1.82) is 5.26 Å². The summed E-state index contributed by atoms with van der Waals surface area (Å²) >= 11 is 0. The SMILES string of the molecule is N#Cc1ccccc1C(=O)N1CCC2(CCc3c2nc(N2CCOCC2)[nH]c3=O)CC1. The average molecular weight is 419 g/mol. The highest BCUT2D eigenvalue weighted by atomic mass is 16.5. The summed E-state index contributed by atoms with van der Waals surface area (Å²) in [6.45, 7) is 3.89. The lowest BCUT2D eigenvalue weighted by atomic mass is 9.76. The number of nitrogens with zero attached hydrogens (tertiary/aromatic N) is 4. The summed E-state index contributed by atoms with van der Waals surface area (Å²) in [5.74, 6) is 0.535. The summed E-state index contributed by atoms with van der Waals surface area (Å²) < 4.78 is 5.42. The standard InChI is InChI=1S/C23H25N5O3/c24-15-16-3-1-2-4-17(16)21(30)27-9-7-23(8-10-27)6-5-18-19(23)25-22(26-20(18)29)28-11-13-31-14-12-28/h1-4H,5-14H2,(H,25,26,29). The van der Waals surface area contributed by atoms with E-state index in [-0.39, 0.29) is 16.9 Å². The molecule has 1 aromatic carbocycles. The van der Waals surface area contributed by atoms with E-state index in [4.69, 9.17) is 9.72 Å². The van der Waals surface area contributed by atoms with E-state index < -0.39 is 0 Å². The summed E-state index contributed by atoms with van der Waals surface area (Å²) in [7, 11) is 0. The first-order valence-electron chi connectivity index (χ1n) is 10.9. The molecular formula is C23H25N5O3. The Bertz CT molecular complexity index is 1100. The van der Waals surface area contributed by atoms with Crippen LogP contribution < -0.4 is 10.5 Å². The van der Waals surface area contributed by atoms with Gasteiger partial charge in [0, 0.05) is 37.2 Å². The number of carbonyl (C=O) groups is 1. The Kier molecular flexibility index (Phi) is 4.98. The van der Waals surface area contributed by atoms with Crippen LogP contribution >= 0.6 is 0 Å². The number of aromatic nitrogens is 2. The number of aromatic amines is 1. The van der Waals surface area contributed by atoms with Gasteiger partial charge in [-0.05, 0) is 37.8 Å². The molecule has 1 amide bonds. The number of nitrogens with one attached hydrogen (secondary N) is 1. The number of hydrogen-bond donors (Lipinski definition) is 1. The number of amides is 1. The van der Waals surface area contributed by atoms with Crippen molar-refractivity contribution in [2.24, 2.45) is 0 Å². The molecule has 0 radical (unpaired) electrons. The lowest BCUT2D eigenvalue weighted by molar-refractivity contribution is 0.0663. The van der Waals surface area contributed by atoms with Crippen LogP contribution in [0.2, 0.25) is 0 Å². The molecule has 0 unspecified atom stereocenters. The fourth-order valence-electron chi connectivity index (χ4n) is 5.13. The van der Waals surface area contributed by atoms with E-state index in [1.165, 1.54) is 0 Å². The second-order valence-corrected chi connectivity index (χ2v) is 8.55. The second kappa shape index (κ2) is 7.82. The Morgan fingerprint density at radius 2 is 1.87 bits per heavy atom. The number of carbonyl (C=O) groups excluding carboxylic acids is 1. The Hall–Kier alpha value is -3.18. The molecule has 5 rings (SSSR count). The van der Waals surface area contributed by atoms with Crippen molar-refractivity contribution in [3.05, 3.63) is 57.0 Å². The fraction of sp³-hybridized carbons (Fsp3) is 0.478. The molecule has 0 saturated carbocycles. The highest BCUT2D eigenvalue weighted by Crippen LogP contribution is 2.44. The molecule has 1 N–H and O–H groups in total. The first-order chi connectivity index (χ1) is 15.1. The maximum Gasteiger partial charge on any atom is 0.255 e. The molecule has 0 atom stereocenters. The van der Waals surface area contributed by atoms with Crippen LogP contribution in [0, 0.1) is 11.3 Å². The molecule has 1 aliphatic carbocycles. The molecule has 3 heterocycles. The number of nitriles is 1. The molecule has 31 heavy (non-hydrogen) atoms. The molecule has 2 fully saturated rings. The number of ether oxygens (including phenoxy) is 1. The zero-order valence-electron chi connectivity index (χ0n) is 17.4. The van der Waals surface area contributed by atoms with Crippen LogP contribution in [0.4, 0.5) is 5.95 Å². The minimum atomic E-state index is -0.157. The number of anilines is 1. The average Bonchev–Trinajstić information content (AvgIpc) is 3.18. The Morgan fingerprint density at radius 1 is 1.13 bits per heavy atom. The Balaban J connectivity index is 1.38. The van der Waals surface area contributed by atoms with E-state index in [1.807, 2.05) is 4.90 Å². The van der Waals surface area contributed by atoms with Gasteiger partial charge in [-0.1, -0.05) is 12.1 Å². The van der Waals surface area contributed by atoms with Crippen molar-refractivity contribution in [1.82, 2.24) is 14.9 Å². The number of benzene rings is 1. The van der Waals surface area contributed by atoms with Gasteiger partial charge in [-0.25, -0.2) is 4.98 Å². The van der Waals surface area contributed by atoms with Crippen LogP contribution in [-0.2, 0) is 16.6 Å². The topological polar surface area (TPSA) is 102 Å². The fourth-order valence-corrected chi connectivity index (χ4v) is 5.13. The van der Waals surface area contributed by atoms with Crippen molar-refractivity contribution >= 4 is 11.9 Å². The zero-order valence-corrected chi connectivity index (χ0v) is 17.4. The molecule has 2 aliphatic heterocycles. The number of H-pyrrole nitrogens is 1. The van der Waals surface area contributed by atoms with E-state index in [0.29, 0.717) is 43.4 Å². The molecule has 1 spiro atoms. The number of rotatable bonds is 2. The third kappa shape index (κ3) is 3.39. The van der Waals surface area contributed by atoms with Gasteiger partial charge in [0.15, 0.2) is 0 Å². The van der Waals surface area contributed by atoms with Crippen LogP contribution in [0.15, 0.2) is 29.1 Å². The van der Waals surface area contributed by atoms with Crippen molar-refractivity contribution in [3.8, 4) is 6.07 Å². The van der Waals surface area contributed by atoms with Crippen LogP contribution in [0.25, 0.3) is 0 Å². The maximum absolute atomic E-state index is 13.0. The largest absolute Gasteiger partial charge is 0.378 e. The molecule has 8 nitrogen and oxygen atoms in total. The monoisotopic (exact) mass is 419 g/mol. The van der Waals surface area contributed by atoms with Gasteiger partial charge in [-0.3, -0.25) is 14.6 Å². The molecule has 160 valence electrons. The normalized spacial score (nSPS) is 19.8. The van der Waals surface area contributed by atoms with Gasteiger partial charge >= 0.3 is 0 Å². The Morgan fingerprint density at radius 3 is 2.61 bits per heavy atom. The zero-order chi connectivity index (χ0) is 21.4. The van der Waals surface area contributed by atoms with Crippen LogP contribution in [0.5, 0.6) is 0 Å². The Labute approximate surface area is 180 Å². The van der Waals surface area contributed by atoms with Crippen LogP contribution in [-0.4, -0.2) is 60.2 Å². The van der Waals surface area contributed by atoms with E-state index >= 15 is 0 Å². The van der Waals surface area contributed by atoms with Gasteiger partial charge in [-0.2, -0.15) is 5.26 Å². The maximum atomic E-state index is 13.0. The highest BCUT2D eigenvalue weighted by Gasteiger charge is 2.45. The van der Waals surface area contributed by atoms with Crippen molar-refractivity contribution < 1.29 is 9.53 Å². The van der Waals surface area contributed by atoms with Gasteiger partial charge < -0.3 is 14.5 Å². The number of likely N-dealkylation sites (tertiary alicyclic amines) is 1. The van der Waals surface area contributed by atoms with Gasteiger partial charge in [0.1, 0.15) is 0 Å². The van der Waals surface area contributed by atoms with Crippen molar-refractivity contribution in [2.75, 3.05) is 44.3 Å². The number of piperidine rings is 1. The van der Waals surface area contributed by atoms with E-state index in [1.54, 1.807) is 24.3 Å². The molecular weight excluding hydrogens is 394 g/mol. The van der Waals surface area contributed by atoms with Gasteiger partial charge in [0.25, 0.3) is 11.5 Å². The first-order valence-corrected chi connectivity index (χ1v) is 10.9. The summed E-state index contributed by atoms with van der Waals surface area (Å²) in [5, 5.41) is 9.33. The van der Waals surface area contributed by atoms with Gasteiger partial charge in [0.2, 0.25) is 5.95 Å². The predicted molar refractivity (Wildman–Crippen MR) is 114 cm³/mol. The first kappa shape index (κ1) is 19.8. The van der Waals surface area contributed by atoms with E-state index in [0.717, 1.165) is 50.0 Å². The van der Waals surface area contributed by atoms with Crippen LogP contribution in [0.1, 0.15) is 46.4 Å². The van der Waals surface area contributed by atoms with Crippen molar-refractivity contribution in [2.45, 2.75) is 31.1 Å². The van der Waals surface area contributed by atoms with E-state index in [2.05, 4.69) is 16.0 Å². The molecule has 2 aromatic rings. The number of fused-ring (bicyclic) bond motifs is 2. The predicted octanol–water partition coefficient (Wildman–Crippen LogP) is 1.60. The number of morpholine rings is 1. The minimum Gasteiger partial charge on any atom is -0.378 e. The minimum absolute atomic E-state index is 0.0372. The van der Waals surface area contributed by atoms with E-state index in [9.17, 15) is 14.9 Å².